The summed E-state index contributed by atoms with van der Waals surface area (Å²) in [5.41, 5.74) is 15.0. The van der Waals surface area contributed by atoms with Gasteiger partial charge in [0.05, 0.1) is 0 Å². The number of benzene rings is 8. The number of fused-ring (bicyclic) bond motifs is 1. The highest BCUT2D eigenvalue weighted by molar-refractivity contribution is 5.89. The molecule has 66 heavy (non-hydrogen) atoms. The normalized spacial score (nSPS) is 10.2. The molecule has 0 aliphatic carbocycles. The largest absolute Gasteiger partial charge is 0.311 e. The highest BCUT2D eigenvalue weighted by Gasteiger charge is 2.14. The second-order valence-corrected chi connectivity index (χ2v) is 15.4. The number of hydrogen-bond acceptors (Lipinski definition) is 2. The molecule has 0 saturated heterocycles. The summed E-state index contributed by atoms with van der Waals surface area (Å²) in [5, 5.41) is 2.38. The van der Waals surface area contributed by atoms with Crippen molar-refractivity contribution in [1.82, 2.24) is 0 Å². The van der Waals surface area contributed by atoms with Crippen molar-refractivity contribution in [3.05, 3.63) is 226 Å². The van der Waals surface area contributed by atoms with Crippen molar-refractivity contribution in [2.45, 2.75) is 13.8 Å². The molecule has 0 saturated carbocycles. The average molecular weight is 867 g/mol. The third kappa shape index (κ3) is 11.1. The van der Waals surface area contributed by atoms with Crippen molar-refractivity contribution >= 4 is 69.2 Å². The van der Waals surface area contributed by atoms with Crippen molar-refractivity contribution < 1.29 is 20.0 Å². The van der Waals surface area contributed by atoms with E-state index < -0.39 is 0 Å². The van der Waals surface area contributed by atoms with Crippen molar-refractivity contribution in [1.29, 1.82) is 0 Å². The summed E-state index contributed by atoms with van der Waals surface area (Å²) < 4.78 is 0. The molecule has 0 aliphatic heterocycles. The van der Waals surface area contributed by atoms with Crippen molar-refractivity contribution in [3.63, 3.8) is 0 Å². The van der Waals surface area contributed by atoms with Gasteiger partial charge in [-0.1, -0.05) is 120 Å². The smallest absolute Gasteiger partial charge is 0.0462 e. The predicted molar refractivity (Wildman–Crippen MR) is 310 cm³/mol. The van der Waals surface area contributed by atoms with Gasteiger partial charge in [-0.15, -0.1) is 12.8 Å². The van der Waals surface area contributed by atoms with Crippen molar-refractivity contribution in [3.8, 4) is 72.1 Å². The molecule has 2 nitrogen and oxygen atoms in total. The zero-order valence-corrected chi connectivity index (χ0v) is 36.7. The molecule has 0 N–H and O–H groups in total. The molecule has 8 aromatic carbocycles. The first-order chi connectivity index (χ1) is 32.4. The van der Waals surface area contributed by atoms with E-state index in [4.69, 9.17) is 12.8 Å². The fourth-order valence-corrected chi connectivity index (χ4v) is 7.36. The predicted octanol–water partition coefficient (Wildman–Crippen LogP) is 18.2. The Morgan fingerprint density at radius 2 is 0.621 bits per heavy atom. The van der Waals surface area contributed by atoms with Gasteiger partial charge in [0, 0.05) is 65.2 Å². The van der Waals surface area contributed by atoms with Gasteiger partial charge in [-0.3, -0.25) is 0 Å². The molecular weight excluding hydrogens is 797 g/mol. The molecule has 336 valence electrons. The van der Waals surface area contributed by atoms with Crippen LogP contribution in [0.25, 0.3) is 35.1 Å². The van der Waals surface area contributed by atoms with Gasteiger partial charge in [0.15, 0.2) is 0 Å². The van der Waals surface area contributed by atoms with Crippen LogP contribution in [0.5, 0.6) is 0 Å². The lowest BCUT2D eigenvalue weighted by Crippen LogP contribution is -2.09. The Hall–Kier alpha value is -9.54. The van der Waals surface area contributed by atoms with E-state index in [1.807, 2.05) is 48.5 Å². The average Bonchev–Trinajstić information content (AvgIpc) is 3.36. The molecule has 0 spiro atoms. The number of nitrogens with zero attached hydrogens (tertiary/aromatic N) is 2. The first kappa shape index (κ1) is 43.1. The quantitative estimate of drug-likeness (QED) is 0.0998. The van der Waals surface area contributed by atoms with Gasteiger partial charge in [-0.25, -0.2) is 0 Å². The van der Waals surface area contributed by atoms with Crippen molar-refractivity contribution in [2.24, 2.45) is 0 Å². The van der Waals surface area contributed by atoms with E-state index in [0.717, 1.165) is 67.5 Å². The van der Waals surface area contributed by atoms with E-state index in [1.54, 1.807) is 0 Å². The molecule has 0 radical (unpaired) electrons. The van der Waals surface area contributed by atoms with Crippen LogP contribution in [0.4, 0.5) is 34.1 Å². The Kier molecular flexibility index (Phi) is 13.7. The molecule has 8 rings (SSSR count). The van der Waals surface area contributed by atoms with Crippen LogP contribution in [0.3, 0.4) is 0 Å². The van der Waals surface area contributed by atoms with E-state index >= 15 is 0 Å². The Balaban J connectivity index is -0.000000761. The number of anilines is 6. The van der Waals surface area contributed by atoms with E-state index in [0.29, 0.717) is 0 Å². The molecule has 0 fully saturated rings. The first-order valence-electron chi connectivity index (χ1n) is 21.4. The summed E-state index contributed by atoms with van der Waals surface area (Å²) in [4.78, 5) is 4.49. The van der Waals surface area contributed by atoms with Gasteiger partial charge >= 0.3 is 0 Å². The van der Waals surface area contributed by atoms with Crippen LogP contribution in [-0.4, -0.2) is 0 Å². The van der Waals surface area contributed by atoms with Crippen LogP contribution >= 0.6 is 0 Å². The molecule has 2 heteroatoms. The molecule has 0 aromatic heterocycles. The van der Waals surface area contributed by atoms with E-state index in [-0.39, 0.29) is 20.0 Å². The van der Waals surface area contributed by atoms with Crippen molar-refractivity contribution in [2.75, 3.05) is 9.80 Å². The third-order valence-corrected chi connectivity index (χ3v) is 10.8. The van der Waals surface area contributed by atoms with E-state index in [1.165, 1.54) is 21.9 Å². The molecule has 8 aromatic rings. The summed E-state index contributed by atoms with van der Waals surface area (Å²) in [6, 6.07) is 63.9. The lowest BCUT2D eigenvalue weighted by Gasteiger charge is -2.25. The van der Waals surface area contributed by atoms with E-state index in [9.17, 15) is 0 Å². The maximum absolute atomic E-state index is 5.22. The van der Waals surface area contributed by atoms with Gasteiger partial charge in [0.25, 0.3) is 0 Å². The maximum atomic E-state index is 5.22. The van der Waals surface area contributed by atoms with Crippen LogP contribution < -0.4 is 9.80 Å². The van der Waals surface area contributed by atoms with Crippen LogP contribution in [0, 0.1) is 85.9 Å². The standard InChI is InChI=1S/C64H42N2.14H2/c1-5-7-9-11-13-51-25-39-61(40-26-51)66(62-41-27-52(28-42-62)14-12-10-8-6-2)64-45-31-54(32-46-64)20-22-56-24-34-57-47-55(23-33-58(57)48-56)21-19-53-29-43-63(44-30-53)65(59-35-15-49(3)16-36-59)60-37-17-50(4)18-38-60;;;;;;;;;;;;;;/h1-2,15-48H,3-4H3;14*1H/b21-19+,22-20+;;;;;;;;;;;;;;. The molecule has 0 unspecified atom stereocenters. The third-order valence-electron chi connectivity index (χ3n) is 10.8. The number of aryl methyl sites for hydroxylation is 2. The van der Waals surface area contributed by atoms with Gasteiger partial charge in [-0.2, -0.15) is 0 Å². The SMILES string of the molecule is C#CC#CC#Cc1ccc(N(c2ccc(C#CC#CC#C)cc2)c2ccc(/C=C/c3ccc4cc(/C=C/c5ccc(N(c6ccc(C)cc6)c6ccc(C)cc6)cc5)ccc4c3)cc2)cc1.[HH].[HH].[HH].[HH].[HH].[HH].[HH].[HH].[HH].[HH].[HH].[HH].[HH].[HH]. The lowest BCUT2D eigenvalue weighted by atomic mass is 10.0. The van der Waals surface area contributed by atoms with Gasteiger partial charge < -0.3 is 9.80 Å². The van der Waals surface area contributed by atoms with Crippen LogP contribution in [0.1, 0.15) is 64.5 Å². The van der Waals surface area contributed by atoms with Gasteiger partial charge in [-0.05, 0) is 203 Å². The Bertz CT molecular complexity index is 3330. The van der Waals surface area contributed by atoms with Crippen LogP contribution in [-0.2, 0) is 0 Å². The van der Waals surface area contributed by atoms with Crippen LogP contribution in [0.15, 0.2) is 182 Å². The topological polar surface area (TPSA) is 6.48 Å². The minimum absolute atomic E-state index is 0. The zero-order valence-electron chi connectivity index (χ0n) is 36.7. The summed E-state index contributed by atoms with van der Waals surface area (Å²) in [6.45, 7) is 4.24. The first-order valence-corrected chi connectivity index (χ1v) is 21.4. The molecule has 0 atom stereocenters. The minimum atomic E-state index is 0. The number of terminal acetylenes is 2. The molecule has 0 bridgehead atoms. The Morgan fingerprint density at radius 1 is 0.333 bits per heavy atom. The summed E-state index contributed by atoms with van der Waals surface area (Å²) in [6.07, 6.45) is 19.1. The van der Waals surface area contributed by atoms with Gasteiger partial charge in [0.2, 0.25) is 0 Å². The molecular formula is C64H70N2. The summed E-state index contributed by atoms with van der Waals surface area (Å²) >= 11 is 0. The summed E-state index contributed by atoms with van der Waals surface area (Å²) in [5.74, 6) is 26.6. The molecule has 0 amide bonds. The zero-order chi connectivity index (χ0) is 45.5. The lowest BCUT2D eigenvalue weighted by molar-refractivity contribution is 1.27. The fourth-order valence-electron chi connectivity index (χ4n) is 7.36. The molecule has 0 aliphatic rings. The maximum Gasteiger partial charge on any atom is 0.0462 e. The number of rotatable bonds is 10. The Labute approximate surface area is 410 Å². The van der Waals surface area contributed by atoms with E-state index in [2.05, 4.69) is 241 Å². The number of hydrogen-bond donors (Lipinski definition) is 0. The fraction of sp³-hybridized carbons (Fsp3) is 0.0312. The summed E-state index contributed by atoms with van der Waals surface area (Å²) in [7, 11) is 0. The molecule has 0 heterocycles. The highest BCUT2D eigenvalue weighted by Crippen LogP contribution is 2.36. The minimum Gasteiger partial charge on any atom is -0.311 e. The monoisotopic (exact) mass is 867 g/mol. The highest BCUT2D eigenvalue weighted by atomic mass is 15.1. The van der Waals surface area contributed by atoms with Gasteiger partial charge in [0.1, 0.15) is 0 Å². The van der Waals surface area contributed by atoms with Crippen LogP contribution in [0.2, 0.25) is 0 Å². The second kappa shape index (κ2) is 21.0. The Morgan fingerprint density at radius 3 is 0.955 bits per heavy atom. The second-order valence-electron chi connectivity index (χ2n) is 15.4.